The van der Waals surface area contributed by atoms with E-state index in [1.54, 1.807) is 49.4 Å². The summed E-state index contributed by atoms with van der Waals surface area (Å²) in [6, 6.07) is 13.4. The second-order valence-corrected chi connectivity index (χ2v) is 8.75. The molecule has 2 fully saturated rings. The summed E-state index contributed by atoms with van der Waals surface area (Å²) in [6.07, 6.45) is -1.31. The molecule has 1 saturated carbocycles. The molecule has 0 aromatic heterocycles. The van der Waals surface area contributed by atoms with Crippen molar-refractivity contribution in [2.24, 2.45) is 5.92 Å². The van der Waals surface area contributed by atoms with E-state index in [4.69, 9.17) is 23.7 Å². The van der Waals surface area contributed by atoms with Crippen LogP contribution in [0.5, 0.6) is 5.75 Å². The van der Waals surface area contributed by atoms with E-state index in [-0.39, 0.29) is 6.42 Å². The number of hydrogen-bond donors (Lipinski definition) is 0. The number of methoxy groups -OCH3 is 1. The van der Waals surface area contributed by atoms with E-state index in [0.717, 1.165) is 12.8 Å². The minimum absolute atomic E-state index is 0.00609. The van der Waals surface area contributed by atoms with Crippen molar-refractivity contribution in [1.29, 1.82) is 0 Å². The molecule has 1 heterocycles. The Morgan fingerprint density at radius 2 is 1.67 bits per heavy atom. The van der Waals surface area contributed by atoms with Gasteiger partial charge in [-0.3, -0.25) is 4.79 Å². The Balaban J connectivity index is 1.45. The number of rotatable bonds is 6. The summed E-state index contributed by atoms with van der Waals surface area (Å²) in [4.78, 5) is 37.5. The number of ether oxygens (including phenoxy) is 5. The van der Waals surface area contributed by atoms with Gasteiger partial charge in [-0.1, -0.05) is 24.0 Å². The average molecular weight is 493 g/mol. The van der Waals surface area contributed by atoms with Crippen LogP contribution in [-0.4, -0.2) is 49.6 Å². The lowest BCUT2D eigenvalue weighted by atomic mass is 10.0. The van der Waals surface area contributed by atoms with Gasteiger partial charge in [0.2, 0.25) is 6.29 Å². The smallest absolute Gasteiger partial charge is 0.341 e. The quantitative estimate of drug-likeness (QED) is 0.340. The van der Waals surface area contributed by atoms with Gasteiger partial charge in [-0.05, 0) is 56.2 Å². The van der Waals surface area contributed by atoms with Gasteiger partial charge in [-0.2, -0.15) is 0 Å². The molecule has 4 atom stereocenters. The minimum Gasteiger partial charge on any atom is -0.497 e. The van der Waals surface area contributed by atoms with Crippen molar-refractivity contribution in [1.82, 2.24) is 0 Å². The molecule has 1 aliphatic carbocycles. The molecule has 0 amide bonds. The van der Waals surface area contributed by atoms with Crippen LogP contribution in [0.15, 0.2) is 48.5 Å². The SMILES string of the molecule is COc1ccc(C(=O)O[C@H]2[C@@H](OC(C)=O)C[C@H](OC(=O)c3ccccc3C#CC3CC3)O[C@@H]2C)cc1. The summed E-state index contributed by atoms with van der Waals surface area (Å²) in [7, 11) is 1.53. The average Bonchev–Trinajstić information content (AvgIpc) is 3.69. The van der Waals surface area contributed by atoms with Gasteiger partial charge >= 0.3 is 17.9 Å². The van der Waals surface area contributed by atoms with Gasteiger partial charge < -0.3 is 23.7 Å². The van der Waals surface area contributed by atoms with E-state index in [1.807, 2.05) is 6.07 Å². The zero-order chi connectivity index (χ0) is 25.7. The summed E-state index contributed by atoms with van der Waals surface area (Å²) in [5.74, 6) is 5.45. The Morgan fingerprint density at radius 1 is 0.944 bits per heavy atom. The van der Waals surface area contributed by atoms with Crippen LogP contribution < -0.4 is 4.74 Å². The van der Waals surface area contributed by atoms with Crippen LogP contribution in [0.2, 0.25) is 0 Å². The van der Waals surface area contributed by atoms with Crippen molar-refractivity contribution >= 4 is 17.9 Å². The fraction of sp³-hybridized carbons (Fsp3) is 0.393. The molecule has 8 nitrogen and oxygen atoms in total. The van der Waals surface area contributed by atoms with Crippen molar-refractivity contribution in [3.8, 4) is 17.6 Å². The van der Waals surface area contributed by atoms with Gasteiger partial charge in [0.05, 0.1) is 30.8 Å². The fourth-order valence-electron chi connectivity index (χ4n) is 3.85. The Labute approximate surface area is 209 Å². The molecular weight excluding hydrogens is 464 g/mol. The number of hydrogen-bond acceptors (Lipinski definition) is 8. The monoisotopic (exact) mass is 492 g/mol. The van der Waals surface area contributed by atoms with Gasteiger partial charge in [-0.15, -0.1) is 0 Å². The summed E-state index contributed by atoms with van der Waals surface area (Å²) < 4.78 is 27.7. The number of benzene rings is 2. The molecule has 0 spiro atoms. The van der Waals surface area contributed by atoms with Gasteiger partial charge in [0.1, 0.15) is 11.9 Å². The highest BCUT2D eigenvalue weighted by Gasteiger charge is 2.43. The second kappa shape index (κ2) is 11.3. The topological polar surface area (TPSA) is 97.4 Å². The highest BCUT2D eigenvalue weighted by molar-refractivity contribution is 5.92. The largest absolute Gasteiger partial charge is 0.497 e. The van der Waals surface area contributed by atoms with Gasteiger partial charge in [0.15, 0.2) is 6.10 Å². The second-order valence-electron chi connectivity index (χ2n) is 8.75. The first-order valence-corrected chi connectivity index (χ1v) is 11.8. The van der Waals surface area contributed by atoms with E-state index >= 15 is 0 Å². The normalized spacial score (nSPS) is 23.0. The molecule has 0 bridgehead atoms. The van der Waals surface area contributed by atoms with Crippen LogP contribution >= 0.6 is 0 Å². The lowest BCUT2D eigenvalue weighted by Gasteiger charge is -2.38. The molecule has 2 aliphatic rings. The molecule has 1 aliphatic heterocycles. The molecule has 0 N–H and O–H groups in total. The number of carbonyl (C=O) groups excluding carboxylic acids is 3. The van der Waals surface area contributed by atoms with Crippen LogP contribution in [0.3, 0.4) is 0 Å². The van der Waals surface area contributed by atoms with Gasteiger partial charge in [0, 0.05) is 18.4 Å². The van der Waals surface area contributed by atoms with Crippen molar-refractivity contribution < 1.29 is 38.1 Å². The summed E-state index contributed by atoms with van der Waals surface area (Å²) in [6.45, 7) is 2.93. The maximum absolute atomic E-state index is 13.0. The third-order valence-corrected chi connectivity index (χ3v) is 5.88. The molecule has 4 rings (SSSR count). The zero-order valence-electron chi connectivity index (χ0n) is 20.4. The van der Waals surface area contributed by atoms with Crippen LogP contribution in [0.25, 0.3) is 0 Å². The first kappa shape index (κ1) is 25.3. The molecule has 2 aromatic carbocycles. The van der Waals surface area contributed by atoms with E-state index in [0.29, 0.717) is 28.4 Å². The maximum atomic E-state index is 13.0. The third-order valence-electron chi connectivity index (χ3n) is 5.88. The maximum Gasteiger partial charge on any atom is 0.341 e. The van der Waals surface area contributed by atoms with Crippen molar-refractivity contribution in [3.05, 3.63) is 65.2 Å². The number of carbonyl (C=O) groups is 3. The third kappa shape index (κ3) is 6.43. The lowest BCUT2D eigenvalue weighted by molar-refractivity contribution is -0.233. The fourth-order valence-corrected chi connectivity index (χ4v) is 3.85. The Bertz CT molecular complexity index is 1170. The first-order valence-electron chi connectivity index (χ1n) is 11.8. The predicted octanol–water partition coefficient (Wildman–Crippen LogP) is 3.91. The van der Waals surface area contributed by atoms with Crippen LogP contribution in [0.1, 0.15) is 59.4 Å². The Hall–Kier alpha value is -3.83. The molecule has 2 aromatic rings. The Kier molecular flexibility index (Phi) is 7.91. The number of esters is 3. The molecular formula is C28H28O8. The van der Waals surface area contributed by atoms with Gasteiger partial charge in [-0.25, -0.2) is 9.59 Å². The first-order chi connectivity index (χ1) is 17.3. The van der Waals surface area contributed by atoms with Crippen LogP contribution in [0, 0.1) is 17.8 Å². The Morgan fingerprint density at radius 3 is 2.33 bits per heavy atom. The predicted molar refractivity (Wildman–Crippen MR) is 128 cm³/mol. The molecule has 188 valence electrons. The summed E-state index contributed by atoms with van der Waals surface area (Å²) in [5.41, 5.74) is 1.22. The molecule has 0 radical (unpaired) electrons. The standard InChI is InChI=1S/C28H28O8/c1-17-26(36-27(30)21-12-14-22(32-3)15-13-21)24(34-18(2)29)16-25(33-17)35-28(31)23-7-5-4-6-20(23)11-10-19-8-9-19/h4-7,12-15,17,19,24-26H,8-9,16H2,1-3H3/t17-,24+,25+,26-/m1/s1. The molecule has 1 saturated heterocycles. The van der Waals surface area contributed by atoms with Crippen molar-refractivity contribution in [2.75, 3.05) is 7.11 Å². The van der Waals surface area contributed by atoms with Crippen molar-refractivity contribution in [2.45, 2.75) is 57.7 Å². The molecule has 8 heteroatoms. The van der Waals surface area contributed by atoms with E-state index in [1.165, 1.54) is 14.0 Å². The summed E-state index contributed by atoms with van der Waals surface area (Å²) in [5, 5.41) is 0. The summed E-state index contributed by atoms with van der Waals surface area (Å²) >= 11 is 0. The lowest BCUT2D eigenvalue weighted by Crippen LogP contribution is -2.51. The highest BCUT2D eigenvalue weighted by Crippen LogP contribution is 2.29. The zero-order valence-corrected chi connectivity index (χ0v) is 20.4. The van der Waals surface area contributed by atoms with Crippen LogP contribution in [0.4, 0.5) is 0 Å². The van der Waals surface area contributed by atoms with E-state index in [2.05, 4.69) is 11.8 Å². The van der Waals surface area contributed by atoms with Crippen molar-refractivity contribution in [3.63, 3.8) is 0 Å². The van der Waals surface area contributed by atoms with Crippen LogP contribution in [-0.2, 0) is 23.7 Å². The van der Waals surface area contributed by atoms with Gasteiger partial charge in [0.25, 0.3) is 0 Å². The van der Waals surface area contributed by atoms with E-state index in [9.17, 15) is 14.4 Å². The molecule has 36 heavy (non-hydrogen) atoms. The highest BCUT2D eigenvalue weighted by atomic mass is 16.7. The minimum atomic E-state index is -1.00. The molecule has 0 unspecified atom stereocenters. The van der Waals surface area contributed by atoms with E-state index < -0.39 is 42.5 Å².